The van der Waals surface area contributed by atoms with Crippen LogP contribution in [0, 0.1) is 0 Å². The molecular formula is C4H8N2Pb. The first-order valence-corrected chi connectivity index (χ1v) is 1.81. The van der Waals surface area contributed by atoms with Gasteiger partial charge in [0.1, 0.15) is 0 Å². The molecule has 0 saturated carbocycles. The standard InChI is InChI=1S/C4H6N2.Pb.2H/c1-6-3-2-5-4-6;;;/h2-4H,1H3;;;. The van der Waals surface area contributed by atoms with Crippen LogP contribution in [0.15, 0.2) is 18.7 Å². The van der Waals surface area contributed by atoms with E-state index in [1.807, 2.05) is 17.8 Å². The number of aryl methyl sites for hydroxylation is 1. The van der Waals surface area contributed by atoms with Crippen molar-refractivity contribution in [3.05, 3.63) is 18.7 Å². The van der Waals surface area contributed by atoms with Gasteiger partial charge in [-0.1, -0.05) is 0 Å². The molecule has 7 heavy (non-hydrogen) atoms. The second-order valence-electron chi connectivity index (χ2n) is 1.23. The van der Waals surface area contributed by atoms with Crippen molar-refractivity contribution in [1.29, 1.82) is 0 Å². The molecule has 1 heterocycles. The third kappa shape index (κ3) is 2.06. The molecule has 0 spiro atoms. The number of rotatable bonds is 0. The van der Waals surface area contributed by atoms with Crippen molar-refractivity contribution >= 4 is 27.3 Å². The summed E-state index contributed by atoms with van der Waals surface area (Å²) >= 11 is 0. The Morgan fingerprint density at radius 3 is 2.43 bits per heavy atom. The van der Waals surface area contributed by atoms with Crippen LogP contribution < -0.4 is 0 Å². The van der Waals surface area contributed by atoms with Gasteiger partial charge in [-0.15, -0.1) is 0 Å². The summed E-state index contributed by atoms with van der Waals surface area (Å²) in [6.07, 6.45) is 5.39. The van der Waals surface area contributed by atoms with E-state index in [2.05, 4.69) is 4.98 Å². The van der Waals surface area contributed by atoms with Crippen molar-refractivity contribution in [1.82, 2.24) is 9.55 Å². The fourth-order valence-corrected chi connectivity index (χ4v) is 0.326. The van der Waals surface area contributed by atoms with Crippen molar-refractivity contribution in [2.24, 2.45) is 7.05 Å². The molecule has 0 aliphatic carbocycles. The Morgan fingerprint density at radius 1 is 1.57 bits per heavy atom. The van der Waals surface area contributed by atoms with Gasteiger partial charge < -0.3 is 4.57 Å². The summed E-state index contributed by atoms with van der Waals surface area (Å²) < 4.78 is 1.89. The number of nitrogens with zero attached hydrogens (tertiary/aromatic N) is 2. The molecule has 38 valence electrons. The minimum absolute atomic E-state index is 0. The van der Waals surface area contributed by atoms with Crippen molar-refractivity contribution in [3.8, 4) is 0 Å². The molecule has 0 amide bonds. The van der Waals surface area contributed by atoms with Gasteiger partial charge in [0.05, 0.1) is 6.33 Å². The summed E-state index contributed by atoms with van der Waals surface area (Å²) in [5, 5.41) is 0. The summed E-state index contributed by atoms with van der Waals surface area (Å²) in [4.78, 5) is 3.78. The van der Waals surface area contributed by atoms with Crippen LogP contribution in [0.4, 0.5) is 0 Å². The zero-order valence-electron chi connectivity index (χ0n) is 4.33. The summed E-state index contributed by atoms with van der Waals surface area (Å²) in [7, 11) is 1.94. The normalized spacial score (nSPS) is 7.57. The SMILES string of the molecule is Cn1ccnc1.[PbH2]. The van der Waals surface area contributed by atoms with Gasteiger partial charge in [0.2, 0.25) is 0 Å². The Kier molecular flexibility index (Phi) is 3.24. The van der Waals surface area contributed by atoms with E-state index in [1.165, 1.54) is 0 Å². The summed E-state index contributed by atoms with van der Waals surface area (Å²) in [6, 6.07) is 0. The van der Waals surface area contributed by atoms with Crippen molar-refractivity contribution < 1.29 is 0 Å². The van der Waals surface area contributed by atoms with Gasteiger partial charge in [-0.2, -0.15) is 0 Å². The molecule has 2 radical (unpaired) electrons. The molecule has 0 aromatic carbocycles. The Hall–Kier alpha value is 0.132. The first-order valence-electron chi connectivity index (χ1n) is 1.81. The summed E-state index contributed by atoms with van der Waals surface area (Å²) in [5.41, 5.74) is 0. The monoisotopic (exact) mass is 292 g/mol. The zero-order valence-corrected chi connectivity index (χ0v) is 9.83. The molecule has 2 nitrogen and oxygen atoms in total. The van der Waals surface area contributed by atoms with E-state index < -0.39 is 0 Å². The van der Waals surface area contributed by atoms with Crippen LogP contribution >= 0.6 is 0 Å². The quantitative estimate of drug-likeness (QED) is 0.590. The number of hydrogen-bond donors (Lipinski definition) is 0. The van der Waals surface area contributed by atoms with Crippen LogP contribution in [0.2, 0.25) is 0 Å². The number of hydrogen-bond acceptors (Lipinski definition) is 1. The van der Waals surface area contributed by atoms with Gasteiger partial charge in [-0.05, 0) is 0 Å². The van der Waals surface area contributed by atoms with Crippen LogP contribution in [0.25, 0.3) is 0 Å². The van der Waals surface area contributed by atoms with Crippen LogP contribution in [-0.2, 0) is 7.05 Å². The Morgan fingerprint density at radius 2 is 2.29 bits per heavy atom. The molecule has 1 aromatic rings. The maximum atomic E-state index is 3.78. The second kappa shape index (κ2) is 3.18. The minimum atomic E-state index is 0. The van der Waals surface area contributed by atoms with Gasteiger partial charge in [0, 0.05) is 19.4 Å². The molecule has 0 N–H and O–H groups in total. The predicted molar refractivity (Wildman–Crippen MR) is 31.8 cm³/mol. The predicted octanol–water partition coefficient (Wildman–Crippen LogP) is -0.496. The van der Waals surface area contributed by atoms with Gasteiger partial charge in [-0.25, -0.2) is 4.98 Å². The van der Waals surface area contributed by atoms with Crippen molar-refractivity contribution in [2.75, 3.05) is 0 Å². The first kappa shape index (κ1) is 7.13. The van der Waals surface area contributed by atoms with Crippen LogP contribution in [0.3, 0.4) is 0 Å². The summed E-state index contributed by atoms with van der Waals surface area (Å²) in [5.74, 6) is 0. The Bertz CT molecular complexity index is 113. The topological polar surface area (TPSA) is 17.8 Å². The molecule has 0 atom stereocenters. The average Bonchev–Trinajstić information content (AvgIpc) is 1.86. The van der Waals surface area contributed by atoms with E-state index in [0.717, 1.165) is 0 Å². The maximum absolute atomic E-state index is 3.78. The fraction of sp³-hybridized carbons (Fsp3) is 0.250. The third-order valence-corrected chi connectivity index (χ3v) is 0.637. The van der Waals surface area contributed by atoms with E-state index in [-0.39, 0.29) is 27.3 Å². The molecule has 3 heteroatoms. The Balaban J connectivity index is 0.000000360. The molecule has 1 rings (SSSR count). The van der Waals surface area contributed by atoms with Gasteiger partial charge in [0.15, 0.2) is 0 Å². The fourth-order valence-electron chi connectivity index (χ4n) is 0.326. The number of imidazole rings is 1. The molecule has 0 fully saturated rings. The summed E-state index contributed by atoms with van der Waals surface area (Å²) in [6.45, 7) is 0. The first-order chi connectivity index (χ1) is 2.89. The molecular weight excluding hydrogens is 283 g/mol. The number of aromatic nitrogens is 2. The van der Waals surface area contributed by atoms with Crippen LogP contribution in [0.1, 0.15) is 0 Å². The van der Waals surface area contributed by atoms with E-state index in [4.69, 9.17) is 0 Å². The van der Waals surface area contributed by atoms with Crippen LogP contribution in [-0.4, -0.2) is 36.8 Å². The zero-order chi connectivity index (χ0) is 4.41. The van der Waals surface area contributed by atoms with Crippen molar-refractivity contribution in [3.63, 3.8) is 0 Å². The van der Waals surface area contributed by atoms with Crippen molar-refractivity contribution in [2.45, 2.75) is 0 Å². The Labute approximate surface area is 62.7 Å². The third-order valence-electron chi connectivity index (χ3n) is 0.637. The molecule has 0 aliphatic heterocycles. The van der Waals surface area contributed by atoms with Gasteiger partial charge in [-0.3, -0.25) is 0 Å². The average molecular weight is 291 g/mol. The van der Waals surface area contributed by atoms with Gasteiger partial charge in [0.25, 0.3) is 0 Å². The molecule has 0 aliphatic rings. The van der Waals surface area contributed by atoms with E-state index >= 15 is 0 Å². The second-order valence-corrected chi connectivity index (χ2v) is 1.23. The van der Waals surface area contributed by atoms with E-state index in [9.17, 15) is 0 Å². The van der Waals surface area contributed by atoms with Crippen LogP contribution in [0.5, 0.6) is 0 Å². The molecule has 0 unspecified atom stereocenters. The van der Waals surface area contributed by atoms with Gasteiger partial charge >= 0.3 is 27.3 Å². The molecule has 1 aromatic heterocycles. The molecule has 0 bridgehead atoms. The van der Waals surface area contributed by atoms with E-state index in [0.29, 0.717) is 0 Å². The molecule has 0 saturated heterocycles. The van der Waals surface area contributed by atoms with E-state index in [1.54, 1.807) is 12.5 Å².